The molecular formula is C18H19FN2O2S. The van der Waals surface area contributed by atoms with Crippen LogP contribution in [0.3, 0.4) is 0 Å². The number of hydrogen-bond acceptors (Lipinski definition) is 5. The quantitative estimate of drug-likeness (QED) is 0.713. The average Bonchev–Trinajstić information content (AvgIpc) is 2.96. The minimum Gasteiger partial charge on any atom is -0.491 e. The third-order valence-electron chi connectivity index (χ3n) is 3.52. The van der Waals surface area contributed by atoms with Crippen molar-refractivity contribution >= 4 is 21.6 Å². The Morgan fingerprint density at radius 2 is 1.96 bits per heavy atom. The molecule has 0 bridgehead atoms. The first kappa shape index (κ1) is 16.8. The van der Waals surface area contributed by atoms with Crippen molar-refractivity contribution in [3.8, 4) is 5.75 Å². The van der Waals surface area contributed by atoms with Crippen LogP contribution in [0.2, 0.25) is 0 Å². The largest absolute Gasteiger partial charge is 0.491 e. The molecule has 2 aromatic carbocycles. The third-order valence-corrected chi connectivity index (χ3v) is 4.54. The van der Waals surface area contributed by atoms with E-state index in [9.17, 15) is 9.50 Å². The smallest absolute Gasteiger partial charge is 0.123 e. The van der Waals surface area contributed by atoms with E-state index < -0.39 is 6.10 Å². The first-order chi connectivity index (χ1) is 11.6. The van der Waals surface area contributed by atoms with Crippen LogP contribution < -0.4 is 4.74 Å². The Balaban J connectivity index is 1.48. The minimum atomic E-state index is -0.630. The van der Waals surface area contributed by atoms with Gasteiger partial charge in [0.25, 0.3) is 0 Å². The molecule has 0 spiro atoms. The molecule has 3 aromatic rings. The summed E-state index contributed by atoms with van der Waals surface area (Å²) in [5, 5.41) is 11.1. The second kappa shape index (κ2) is 7.70. The maximum absolute atomic E-state index is 12.8. The van der Waals surface area contributed by atoms with Crippen LogP contribution in [-0.2, 0) is 6.54 Å². The summed E-state index contributed by atoms with van der Waals surface area (Å²) in [6.45, 7) is 1.31. The molecule has 0 aliphatic carbocycles. The summed E-state index contributed by atoms with van der Waals surface area (Å²) in [5.74, 6) is 0.239. The number of aliphatic hydroxyl groups is 1. The first-order valence-electron chi connectivity index (χ1n) is 7.69. The predicted octanol–water partition coefficient (Wildman–Crippen LogP) is 3.31. The van der Waals surface area contributed by atoms with Crippen molar-refractivity contribution in [3.63, 3.8) is 0 Å². The Bertz CT molecular complexity index is 758. The van der Waals surface area contributed by atoms with Crippen molar-refractivity contribution in [2.45, 2.75) is 12.6 Å². The van der Waals surface area contributed by atoms with Crippen molar-refractivity contribution in [1.29, 1.82) is 0 Å². The Morgan fingerprint density at radius 3 is 2.71 bits per heavy atom. The van der Waals surface area contributed by atoms with E-state index in [2.05, 4.69) is 11.1 Å². The second-order valence-electron chi connectivity index (χ2n) is 5.69. The Kier molecular flexibility index (Phi) is 5.40. The Hall–Kier alpha value is -2.02. The highest BCUT2D eigenvalue weighted by atomic mass is 32.1. The highest BCUT2D eigenvalue weighted by Crippen LogP contribution is 2.22. The summed E-state index contributed by atoms with van der Waals surface area (Å²) in [6, 6.07) is 13.8. The molecule has 3 rings (SSSR count). The van der Waals surface area contributed by atoms with Gasteiger partial charge < -0.3 is 9.84 Å². The number of aromatic nitrogens is 1. The number of ether oxygens (including phenoxy) is 1. The fourth-order valence-electron chi connectivity index (χ4n) is 2.42. The van der Waals surface area contributed by atoms with Gasteiger partial charge in [0.2, 0.25) is 0 Å². The number of aliphatic hydroxyl groups excluding tert-OH is 1. The van der Waals surface area contributed by atoms with Crippen LogP contribution in [-0.4, -0.2) is 41.3 Å². The van der Waals surface area contributed by atoms with Gasteiger partial charge in [-0.2, -0.15) is 0 Å². The molecule has 4 nitrogen and oxygen atoms in total. The summed E-state index contributed by atoms with van der Waals surface area (Å²) < 4.78 is 19.5. The lowest BCUT2D eigenvalue weighted by molar-refractivity contribution is 0.0743. The van der Waals surface area contributed by atoms with E-state index in [1.54, 1.807) is 23.5 Å². The summed E-state index contributed by atoms with van der Waals surface area (Å²) in [5.41, 5.74) is 1.01. The molecule has 6 heteroatoms. The fourth-order valence-corrected chi connectivity index (χ4v) is 3.47. The van der Waals surface area contributed by atoms with Gasteiger partial charge in [-0.05, 0) is 43.4 Å². The molecule has 0 saturated carbocycles. The number of benzene rings is 2. The van der Waals surface area contributed by atoms with E-state index in [0.717, 1.165) is 10.5 Å². The zero-order chi connectivity index (χ0) is 16.9. The van der Waals surface area contributed by atoms with E-state index in [0.29, 0.717) is 18.8 Å². The lowest BCUT2D eigenvalue weighted by Crippen LogP contribution is -2.32. The molecule has 1 atom stereocenters. The van der Waals surface area contributed by atoms with E-state index in [-0.39, 0.29) is 12.4 Å². The lowest BCUT2D eigenvalue weighted by atomic mass is 10.3. The zero-order valence-electron chi connectivity index (χ0n) is 13.4. The van der Waals surface area contributed by atoms with Gasteiger partial charge in [-0.3, -0.25) is 4.90 Å². The Labute approximate surface area is 144 Å². The normalized spacial score (nSPS) is 12.7. The molecule has 1 N–H and O–H groups in total. The van der Waals surface area contributed by atoms with E-state index in [1.165, 1.54) is 16.8 Å². The molecule has 0 aliphatic heterocycles. The molecule has 0 radical (unpaired) electrons. The monoisotopic (exact) mass is 346 g/mol. The minimum absolute atomic E-state index is 0.163. The fraction of sp³-hybridized carbons (Fsp3) is 0.278. The molecule has 0 aliphatic rings. The summed E-state index contributed by atoms with van der Waals surface area (Å²) >= 11 is 1.66. The second-order valence-corrected chi connectivity index (χ2v) is 6.81. The molecule has 1 aromatic heterocycles. The lowest BCUT2D eigenvalue weighted by Gasteiger charge is -2.19. The number of halogens is 1. The highest BCUT2D eigenvalue weighted by Gasteiger charge is 2.12. The topological polar surface area (TPSA) is 45.6 Å². The van der Waals surface area contributed by atoms with Gasteiger partial charge in [0.1, 0.15) is 29.3 Å². The van der Waals surface area contributed by atoms with Crippen LogP contribution in [0, 0.1) is 5.82 Å². The molecule has 24 heavy (non-hydrogen) atoms. The molecule has 126 valence electrons. The van der Waals surface area contributed by atoms with Crippen molar-refractivity contribution < 1.29 is 14.2 Å². The van der Waals surface area contributed by atoms with Gasteiger partial charge in [-0.25, -0.2) is 9.37 Å². The van der Waals surface area contributed by atoms with Gasteiger partial charge in [0.05, 0.1) is 16.8 Å². The summed E-state index contributed by atoms with van der Waals surface area (Å²) in [4.78, 5) is 6.60. The van der Waals surface area contributed by atoms with E-state index in [4.69, 9.17) is 4.74 Å². The summed E-state index contributed by atoms with van der Waals surface area (Å²) in [7, 11) is 1.94. The zero-order valence-corrected chi connectivity index (χ0v) is 14.2. The van der Waals surface area contributed by atoms with Crippen LogP contribution in [0.15, 0.2) is 48.5 Å². The van der Waals surface area contributed by atoms with Crippen molar-refractivity contribution in [3.05, 3.63) is 59.4 Å². The van der Waals surface area contributed by atoms with Gasteiger partial charge >= 0.3 is 0 Å². The van der Waals surface area contributed by atoms with Crippen LogP contribution in [0.25, 0.3) is 10.2 Å². The molecule has 0 fully saturated rings. The standard InChI is InChI=1S/C18H19FN2O2S/c1-21(11-18-20-16-4-2-3-5-17(16)24-18)10-14(22)12-23-15-8-6-13(19)7-9-15/h2-9,14,22H,10-12H2,1H3. The number of likely N-dealkylation sites (N-methyl/N-ethyl adjacent to an activating group) is 1. The van der Waals surface area contributed by atoms with Crippen LogP contribution in [0.5, 0.6) is 5.75 Å². The van der Waals surface area contributed by atoms with Gasteiger partial charge in [-0.1, -0.05) is 12.1 Å². The number of para-hydroxylation sites is 1. The maximum atomic E-state index is 12.8. The molecule has 1 unspecified atom stereocenters. The number of nitrogens with zero attached hydrogens (tertiary/aromatic N) is 2. The number of rotatable bonds is 7. The van der Waals surface area contributed by atoms with Gasteiger partial charge in [0, 0.05) is 6.54 Å². The number of hydrogen-bond donors (Lipinski definition) is 1. The molecule has 0 saturated heterocycles. The van der Waals surface area contributed by atoms with Crippen LogP contribution >= 0.6 is 11.3 Å². The highest BCUT2D eigenvalue weighted by molar-refractivity contribution is 7.18. The SMILES string of the molecule is CN(Cc1nc2ccccc2s1)CC(O)COc1ccc(F)cc1. The molecule has 1 heterocycles. The number of thiazole rings is 1. The van der Waals surface area contributed by atoms with Gasteiger partial charge in [0.15, 0.2) is 0 Å². The van der Waals surface area contributed by atoms with Crippen LogP contribution in [0.1, 0.15) is 5.01 Å². The van der Waals surface area contributed by atoms with Gasteiger partial charge in [-0.15, -0.1) is 11.3 Å². The Morgan fingerprint density at radius 1 is 1.21 bits per heavy atom. The van der Waals surface area contributed by atoms with Crippen molar-refractivity contribution in [1.82, 2.24) is 9.88 Å². The first-order valence-corrected chi connectivity index (χ1v) is 8.51. The van der Waals surface area contributed by atoms with Crippen molar-refractivity contribution in [2.24, 2.45) is 0 Å². The third kappa shape index (κ3) is 4.50. The van der Waals surface area contributed by atoms with Crippen molar-refractivity contribution in [2.75, 3.05) is 20.2 Å². The molecule has 0 amide bonds. The van der Waals surface area contributed by atoms with Crippen LogP contribution in [0.4, 0.5) is 4.39 Å². The maximum Gasteiger partial charge on any atom is 0.123 e. The molecular weight excluding hydrogens is 327 g/mol. The summed E-state index contributed by atoms with van der Waals surface area (Å²) in [6.07, 6.45) is -0.630. The van der Waals surface area contributed by atoms with E-state index in [1.807, 2.05) is 30.1 Å². The number of fused-ring (bicyclic) bond motifs is 1. The predicted molar refractivity (Wildman–Crippen MR) is 93.9 cm³/mol. The average molecular weight is 346 g/mol. The van der Waals surface area contributed by atoms with E-state index >= 15 is 0 Å².